The number of halogens is 1. The number of nitrogens with zero attached hydrogens (tertiary/aromatic N) is 4. The second kappa shape index (κ2) is 8.67. The molecular weight excluding hydrogens is 428 g/mol. The van der Waals surface area contributed by atoms with Crippen LogP contribution in [-0.4, -0.2) is 28.0 Å². The van der Waals surface area contributed by atoms with Crippen molar-refractivity contribution in [1.29, 1.82) is 5.26 Å². The maximum Gasteiger partial charge on any atom is 0.163 e. The Bertz CT molecular complexity index is 1180. The fourth-order valence-corrected chi connectivity index (χ4v) is 3.37. The fraction of sp³-hybridized carbons (Fsp3) is 0.0909. The number of hydrogen-bond donors (Lipinski definition) is 2. The van der Waals surface area contributed by atoms with Crippen molar-refractivity contribution in [1.82, 2.24) is 15.0 Å². The van der Waals surface area contributed by atoms with Gasteiger partial charge in [0.15, 0.2) is 5.82 Å². The van der Waals surface area contributed by atoms with Crippen LogP contribution in [0.1, 0.15) is 5.56 Å². The van der Waals surface area contributed by atoms with E-state index in [9.17, 15) is 0 Å². The number of pyridine rings is 1. The maximum atomic E-state index is 8.84. The molecule has 0 amide bonds. The first-order valence-corrected chi connectivity index (χ1v) is 9.89. The average molecular weight is 445 g/mol. The minimum Gasteiger partial charge on any atom is -0.368 e. The Morgan fingerprint density at radius 3 is 2.48 bits per heavy atom. The number of nitrogens with one attached hydrogen (secondary N) is 2. The van der Waals surface area contributed by atoms with E-state index in [1.54, 1.807) is 18.3 Å². The molecule has 2 aromatic heterocycles. The summed E-state index contributed by atoms with van der Waals surface area (Å²) in [6.45, 7) is 1.31. The van der Waals surface area contributed by atoms with Gasteiger partial charge in [0, 0.05) is 34.7 Å². The van der Waals surface area contributed by atoms with Crippen molar-refractivity contribution in [2.24, 2.45) is 0 Å². The van der Waals surface area contributed by atoms with Gasteiger partial charge in [0.05, 0.1) is 11.1 Å². The number of anilines is 2. The van der Waals surface area contributed by atoms with Gasteiger partial charge in [0.25, 0.3) is 0 Å². The molecule has 0 aliphatic carbocycles. The molecule has 0 radical (unpaired) electrons. The summed E-state index contributed by atoms with van der Waals surface area (Å²) in [6, 6.07) is 21.5. The lowest BCUT2D eigenvalue weighted by molar-refractivity contribution is 1.04. The smallest absolute Gasteiger partial charge is 0.163 e. The topological polar surface area (TPSA) is 86.5 Å². The van der Waals surface area contributed by atoms with Gasteiger partial charge in [-0.2, -0.15) is 5.26 Å². The molecule has 0 atom stereocenters. The van der Waals surface area contributed by atoms with Gasteiger partial charge in [-0.1, -0.05) is 46.3 Å². The summed E-state index contributed by atoms with van der Waals surface area (Å²) >= 11 is 3.58. The molecule has 2 heterocycles. The van der Waals surface area contributed by atoms with Crippen molar-refractivity contribution in [3.05, 3.63) is 76.9 Å². The predicted molar refractivity (Wildman–Crippen MR) is 119 cm³/mol. The Kier molecular flexibility index (Phi) is 5.63. The van der Waals surface area contributed by atoms with Crippen molar-refractivity contribution >= 4 is 38.5 Å². The number of benzene rings is 2. The quantitative estimate of drug-likeness (QED) is 0.413. The minimum atomic E-state index is 0.542. The summed E-state index contributed by atoms with van der Waals surface area (Å²) in [4.78, 5) is 13.7. The van der Waals surface area contributed by atoms with Crippen molar-refractivity contribution < 1.29 is 0 Å². The SMILES string of the molecule is N#Cc1ccc(NCCNc2nc(-c3ccccc3Br)nc3ccccc23)nc1. The Hall–Kier alpha value is -3.50. The van der Waals surface area contributed by atoms with E-state index in [0.717, 1.165) is 32.6 Å². The zero-order chi connectivity index (χ0) is 20.1. The number of hydrogen-bond acceptors (Lipinski definition) is 6. The van der Waals surface area contributed by atoms with Crippen LogP contribution in [0.5, 0.6) is 0 Å². The predicted octanol–water partition coefficient (Wildman–Crippen LogP) is 4.85. The first kappa shape index (κ1) is 18.8. The molecule has 2 aromatic carbocycles. The highest BCUT2D eigenvalue weighted by atomic mass is 79.9. The van der Waals surface area contributed by atoms with Gasteiger partial charge >= 0.3 is 0 Å². The molecule has 2 N–H and O–H groups in total. The lowest BCUT2D eigenvalue weighted by Gasteiger charge is -2.12. The third kappa shape index (κ3) is 4.33. The van der Waals surface area contributed by atoms with E-state index in [0.29, 0.717) is 24.5 Å². The highest BCUT2D eigenvalue weighted by molar-refractivity contribution is 9.10. The van der Waals surface area contributed by atoms with Crippen LogP contribution in [-0.2, 0) is 0 Å². The molecule has 0 unspecified atom stereocenters. The van der Waals surface area contributed by atoms with Crippen LogP contribution < -0.4 is 10.6 Å². The summed E-state index contributed by atoms with van der Waals surface area (Å²) in [5, 5.41) is 16.5. The van der Waals surface area contributed by atoms with E-state index in [-0.39, 0.29) is 0 Å². The molecule has 0 saturated carbocycles. The summed E-state index contributed by atoms with van der Waals surface area (Å²) in [5.41, 5.74) is 2.37. The van der Waals surface area contributed by atoms with Gasteiger partial charge in [-0.05, 0) is 30.3 Å². The van der Waals surface area contributed by atoms with E-state index in [2.05, 4.69) is 37.6 Å². The molecule has 0 aliphatic heterocycles. The molecule has 0 fully saturated rings. The molecule has 0 aliphatic rings. The molecule has 0 saturated heterocycles. The van der Waals surface area contributed by atoms with E-state index in [1.165, 1.54) is 0 Å². The van der Waals surface area contributed by atoms with Crippen LogP contribution in [0, 0.1) is 11.3 Å². The first-order chi connectivity index (χ1) is 14.2. The van der Waals surface area contributed by atoms with E-state index >= 15 is 0 Å². The van der Waals surface area contributed by atoms with E-state index < -0.39 is 0 Å². The van der Waals surface area contributed by atoms with Gasteiger partial charge < -0.3 is 10.6 Å². The normalized spacial score (nSPS) is 10.5. The number of nitriles is 1. The molecule has 142 valence electrons. The number of fused-ring (bicyclic) bond motifs is 1. The van der Waals surface area contributed by atoms with Crippen molar-refractivity contribution in [2.45, 2.75) is 0 Å². The molecule has 6 nitrogen and oxygen atoms in total. The molecule has 0 bridgehead atoms. The standard InChI is InChI=1S/C22H17BrN6/c23-18-7-3-1-5-16(18)22-28-19-8-4-2-6-17(19)21(29-22)26-12-11-25-20-10-9-15(13-24)14-27-20/h1-10,14H,11-12H2,(H,25,27)(H,26,28,29). The van der Waals surface area contributed by atoms with Crippen LogP contribution in [0.4, 0.5) is 11.6 Å². The Morgan fingerprint density at radius 2 is 1.69 bits per heavy atom. The lowest BCUT2D eigenvalue weighted by Crippen LogP contribution is -2.15. The molecule has 4 rings (SSSR count). The zero-order valence-electron chi connectivity index (χ0n) is 15.4. The van der Waals surface area contributed by atoms with Crippen molar-refractivity contribution in [2.75, 3.05) is 23.7 Å². The summed E-state index contributed by atoms with van der Waals surface area (Å²) in [5.74, 6) is 2.18. The maximum absolute atomic E-state index is 8.84. The summed E-state index contributed by atoms with van der Waals surface area (Å²) in [6.07, 6.45) is 1.55. The van der Waals surface area contributed by atoms with Gasteiger partial charge in [-0.15, -0.1) is 0 Å². The Morgan fingerprint density at radius 1 is 0.897 bits per heavy atom. The largest absolute Gasteiger partial charge is 0.368 e. The van der Waals surface area contributed by atoms with E-state index in [4.69, 9.17) is 15.2 Å². The monoisotopic (exact) mass is 444 g/mol. The van der Waals surface area contributed by atoms with Gasteiger partial charge in [-0.3, -0.25) is 0 Å². The van der Waals surface area contributed by atoms with Crippen LogP contribution in [0.2, 0.25) is 0 Å². The third-order valence-corrected chi connectivity index (χ3v) is 5.03. The van der Waals surface area contributed by atoms with Gasteiger partial charge in [0.2, 0.25) is 0 Å². The molecule has 0 spiro atoms. The van der Waals surface area contributed by atoms with Crippen LogP contribution >= 0.6 is 15.9 Å². The minimum absolute atomic E-state index is 0.542. The fourth-order valence-electron chi connectivity index (χ4n) is 2.91. The molecule has 4 aromatic rings. The van der Waals surface area contributed by atoms with E-state index in [1.807, 2.05) is 48.5 Å². The molecular formula is C22H17BrN6. The summed E-state index contributed by atoms with van der Waals surface area (Å²) < 4.78 is 0.954. The van der Waals surface area contributed by atoms with Crippen molar-refractivity contribution in [3.63, 3.8) is 0 Å². The van der Waals surface area contributed by atoms with Crippen LogP contribution in [0.15, 0.2) is 71.3 Å². The average Bonchev–Trinajstić information content (AvgIpc) is 2.77. The van der Waals surface area contributed by atoms with Crippen LogP contribution in [0.3, 0.4) is 0 Å². The highest BCUT2D eigenvalue weighted by Crippen LogP contribution is 2.29. The third-order valence-electron chi connectivity index (χ3n) is 4.33. The number of para-hydroxylation sites is 1. The highest BCUT2D eigenvalue weighted by Gasteiger charge is 2.11. The molecule has 29 heavy (non-hydrogen) atoms. The Balaban J connectivity index is 1.53. The number of rotatable bonds is 6. The van der Waals surface area contributed by atoms with Gasteiger partial charge in [0.1, 0.15) is 17.7 Å². The zero-order valence-corrected chi connectivity index (χ0v) is 17.0. The second-order valence-corrected chi connectivity index (χ2v) is 7.14. The van der Waals surface area contributed by atoms with Gasteiger partial charge in [-0.25, -0.2) is 15.0 Å². The van der Waals surface area contributed by atoms with Crippen LogP contribution in [0.25, 0.3) is 22.3 Å². The summed E-state index contributed by atoms with van der Waals surface area (Å²) in [7, 11) is 0. The second-order valence-electron chi connectivity index (χ2n) is 6.29. The molecule has 7 heteroatoms. The Labute approximate surface area is 176 Å². The number of aromatic nitrogens is 3. The first-order valence-electron chi connectivity index (χ1n) is 9.10. The lowest BCUT2D eigenvalue weighted by atomic mass is 10.2. The van der Waals surface area contributed by atoms with Crippen molar-refractivity contribution in [3.8, 4) is 17.5 Å².